The van der Waals surface area contributed by atoms with Crippen molar-refractivity contribution < 1.29 is 8.83 Å². The second-order valence-electron chi connectivity index (χ2n) is 12.0. The fourth-order valence-corrected chi connectivity index (χ4v) is 7.47. The molecule has 214 valence electrons. The molecule has 0 aliphatic carbocycles. The van der Waals surface area contributed by atoms with Gasteiger partial charge in [0.2, 0.25) is 0 Å². The van der Waals surface area contributed by atoms with Crippen molar-refractivity contribution in [1.29, 1.82) is 0 Å². The average Bonchev–Trinajstić information content (AvgIpc) is 3.68. The fraction of sp³-hybridized carbons (Fsp3) is 0. The zero-order valence-electron chi connectivity index (χ0n) is 24.8. The van der Waals surface area contributed by atoms with Crippen LogP contribution in [0.4, 0.5) is 0 Å². The van der Waals surface area contributed by atoms with E-state index < -0.39 is 0 Å². The van der Waals surface area contributed by atoms with E-state index in [9.17, 15) is 0 Å². The molecule has 0 radical (unpaired) electrons. The molecule has 10 rings (SSSR count). The molecule has 2 nitrogen and oxygen atoms in total. The van der Waals surface area contributed by atoms with Crippen molar-refractivity contribution in [3.63, 3.8) is 0 Å². The van der Waals surface area contributed by atoms with Gasteiger partial charge in [-0.25, -0.2) is 0 Å². The first-order chi connectivity index (χ1) is 22.8. The van der Waals surface area contributed by atoms with E-state index in [1.165, 1.54) is 49.4 Å². The summed E-state index contributed by atoms with van der Waals surface area (Å²) >= 11 is 0. The Labute approximate surface area is 264 Å². The summed E-state index contributed by atoms with van der Waals surface area (Å²) in [4.78, 5) is 0. The Morgan fingerprint density at radius 3 is 1.39 bits per heavy atom. The van der Waals surface area contributed by atoms with Crippen molar-refractivity contribution in [3.8, 4) is 33.4 Å². The van der Waals surface area contributed by atoms with Gasteiger partial charge in [-0.15, -0.1) is 0 Å². The van der Waals surface area contributed by atoms with Crippen molar-refractivity contribution in [3.05, 3.63) is 158 Å². The molecule has 0 saturated carbocycles. The largest absolute Gasteiger partial charge is 0.456 e. The van der Waals surface area contributed by atoms with Crippen molar-refractivity contribution in [2.24, 2.45) is 0 Å². The van der Waals surface area contributed by atoms with E-state index in [0.29, 0.717) is 0 Å². The molecule has 0 amide bonds. The predicted molar refractivity (Wildman–Crippen MR) is 192 cm³/mol. The Hall–Kier alpha value is -6.12. The zero-order chi connectivity index (χ0) is 30.2. The van der Waals surface area contributed by atoms with Crippen LogP contribution in [0, 0.1) is 0 Å². The molecule has 8 aromatic carbocycles. The van der Waals surface area contributed by atoms with Crippen LogP contribution in [0.5, 0.6) is 0 Å². The Kier molecular flexibility index (Phi) is 5.31. The molecule has 0 atom stereocenters. The van der Waals surface area contributed by atoms with Gasteiger partial charge in [0.05, 0.1) is 0 Å². The summed E-state index contributed by atoms with van der Waals surface area (Å²) in [5.41, 5.74) is 10.8. The lowest BCUT2D eigenvalue weighted by atomic mass is 9.85. The first kappa shape index (κ1) is 25.2. The normalized spacial score (nSPS) is 11.9. The van der Waals surface area contributed by atoms with Crippen LogP contribution in [0.1, 0.15) is 0 Å². The number of fused-ring (bicyclic) bond motifs is 9. The van der Waals surface area contributed by atoms with Gasteiger partial charge < -0.3 is 8.83 Å². The quantitative estimate of drug-likeness (QED) is 0.193. The van der Waals surface area contributed by atoms with Crippen LogP contribution in [0.25, 0.3) is 98.8 Å². The minimum Gasteiger partial charge on any atom is -0.456 e. The van der Waals surface area contributed by atoms with Gasteiger partial charge in [0.25, 0.3) is 0 Å². The Morgan fingerprint density at radius 2 is 0.717 bits per heavy atom. The highest BCUT2D eigenvalue weighted by atomic mass is 16.3. The van der Waals surface area contributed by atoms with Crippen LogP contribution in [0.3, 0.4) is 0 Å². The van der Waals surface area contributed by atoms with Gasteiger partial charge in [-0.2, -0.15) is 0 Å². The van der Waals surface area contributed by atoms with E-state index >= 15 is 0 Å². The summed E-state index contributed by atoms with van der Waals surface area (Å²) in [5.74, 6) is 0. The minimum absolute atomic E-state index is 0.872. The van der Waals surface area contributed by atoms with Crippen molar-refractivity contribution in [1.82, 2.24) is 0 Å². The van der Waals surface area contributed by atoms with Crippen LogP contribution < -0.4 is 0 Å². The van der Waals surface area contributed by atoms with Gasteiger partial charge in [-0.3, -0.25) is 0 Å². The van der Waals surface area contributed by atoms with Gasteiger partial charge in [-0.1, -0.05) is 121 Å². The van der Waals surface area contributed by atoms with E-state index in [2.05, 4.69) is 133 Å². The lowest BCUT2D eigenvalue weighted by Gasteiger charge is -2.18. The Bertz CT molecular complexity index is 2740. The highest BCUT2D eigenvalue weighted by Gasteiger charge is 2.19. The maximum absolute atomic E-state index is 6.37. The second kappa shape index (κ2) is 9.69. The van der Waals surface area contributed by atoms with E-state index in [-0.39, 0.29) is 0 Å². The van der Waals surface area contributed by atoms with E-state index in [1.807, 2.05) is 24.3 Å². The number of hydrogen-bond donors (Lipinski definition) is 0. The molecule has 0 aliphatic heterocycles. The van der Waals surface area contributed by atoms with Crippen molar-refractivity contribution in [2.75, 3.05) is 0 Å². The first-order valence-electron chi connectivity index (χ1n) is 15.7. The molecular formula is C44H26O2. The monoisotopic (exact) mass is 586 g/mol. The number of rotatable bonds is 3. The smallest absolute Gasteiger partial charge is 0.136 e. The summed E-state index contributed by atoms with van der Waals surface area (Å²) in [7, 11) is 0. The summed E-state index contributed by atoms with van der Waals surface area (Å²) in [5, 5.41) is 9.43. The molecule has 2 aromatic heterocycles. The molecular weight excluding hydrogens is 560 g/mol. The SMILES string of the molecule is c1ccc(-c2c3ccccc3c(-c3cccc(-c4ccc5oc6ccc7oc8ccccc8c7c6c5c4)c3)c3ccccc23)cc1. The molecule has 2 heteroatoms. The Morgan fingerprint density at radius 1 is 0.261 bits per heavy atom. The van der Waals surface area contributed by atoms with E-state index in [4.69, 9.17) is 8.83 Å². The second-order valence-corrected chi connectivity index (χ2v) is 12.0. The van der Waals surface area contributed by atoms with Gasteiger partial charge >= 0.3 is 0 Å². The number of benzene rings is 8. The summed E-state index contributed by atoms with van der Waals surface area (Å²) in [6.07, 6.45) is 0. The molecule has 2 heterocycles. The zero-order valence-corrected chi connectivity index (χ0v) is 24.8. The predicted octanol–water partition coefficient (Wildman–Crippen LogP) is 12.8. The number of furan rings is 2. The highest BCUT2D eigenvalue weighted by molar-refractivity contribution is 6.26. The molecule has 0 aliphatic rings. The topological polar surface area (TPSA) is 26.3 Å². The molecule has 0 bridgehead atoms. The number of para-hydroxylation sites is 1. The lowest BCUT2D eigenvalue weighted by molar-refractivity contribution is 0.663. The Balaban J connectivity index is 1.21. The van der Waals surface area contributed by atoms with Gasteiger partial charge in [0.1, 0.15) is 22.3 Å². The van der Waals surface area contributed by atoms with Crippen LogP contribution in [0.2, 0.25) is 0 Å². The summed E-state index contributed by atoms with van der Waals surface area (Å²) < 4.78 is 12.6. The number of hydrogen-bond acceptors (Lipinski definition) is 2. The van der Waals surface area contributed by atoms with Gasteiger partial charge in [-0.05, 0) is 91.3 Å². The molecule has 10 aromatic rings. The lowest BCUT2D eigenvalue weighted by Crippen LogP contribution is -1.91. The third-order valence-electron chi connectivity index (χ3n) is 9.45. The molecule has 46 heavy (non-hydrogen) atoms. The third-order valence-corrected chi connectivity index (χ3v) is 9.45. The summed E-state index contributed by atoms with van der Waals surface area (Å²) in [6.45, 7) is 0. The van der Waals surface area contributed by atoms with Gasteiger partial charge in [0, 0.05) is 21.5 Å². The third kappa shape index (κ3) is 3.65. The standard InChI is InChI=1S/C44H26O2/c1-2-11-27(12-3-1)41-31-15-4-6-17-33(31)42(34-18-7-5-16-32(34)41)30-14-10-13-28(25-30)29-21-22-38-36(26-29)44-40(46-38)24-23-39-43(44)35-19-8-9-20-37(35)45-39/h1-26H. The van der Waals surface area contributed by atoms with Crippen molar-refractivity contribution in [2.45, 2.75) is 0 Å². The van der Waals surface area contributed by atoms with Gasteiger partial charge in [0.15, 0.2) is 0 Å². The molecule has 0 unspecified atom stereocenters. The maximum atomic E-state index is 6.37. The molecule has 0 fully saturated rings. The first-order valence-corrected chi connectivity index (χ1v) is 15.7. The van der Waals surface area contributed by atoms with Crippen molar-refractivity contribution >= 4 is 65.4 Å². The summed E-state index contributed by atoms with van der Waals surface area (Å²) in [6, 6.07) is 56.2. The van der Waals surface area contributed by atoms with Crippen LogP contribution >= 0.6 is 0 Å². The fourth-order valence-electron chi connectivity index (χ4n) is 7.47. The average molecular weight is 587 g/mol. The van der Waals surface area contributed by atoms with Crippen LogP contribution in [-0.4, -0.2) is 0 Å². The highest BCUT2D eigenvalue weighted by Crippen LogP contribution is 2.45. The van der Waals surface area contributed by atoms with Crippen LogP contribution in [-0.2, 0) is 0 Å². The molecule has 0 spiro atoms. The maximum Gasteiger partial charge on any atom is 0.136 e. The molecule has 0 N–H and O–H groups in total. The van der Waals surface area contributed by atoms with E-state index in [0.717, 1.165) is 49.4 Å². The van der Waals surface area contributed by atoms with Crippen LogP contribution in [0.15, 0.2) is 167 Å². The molecule has 0 saturated heterocycles. The minimum atomic E-state index is 0.872. The van der Waals surface area contributed by atoms with E-state index in [1.54, 1.807) is 0 Å².